The van der Waals surface area contributed by atoms with E-state index in [-0.39, 0.29) is 0 Å². The van der Waals surface area contributed by atoms with Gasteiger partial charge in [-0.3, -0.25) is 9.80 Å². The van der Waals surface area contributed by atoms with Gasteiger partial charge in [0.15, 0.2) is 0 Å². The van der Waals surface area contributed by atoms with Gasteiger partial charge in [-0.15, -0.1) is 0 Å². The Hall–Kier alpha value is -0.160. The van der Waals surface area contributed by atoms with E-state index in [1.165, 1.54) is 45.6 Å². The summed E-state index contributed by atoms with van der Waals surface area (Å²) in [6.07, 6.45) is 3.36. The van der Waals surface area contributed by atoms with E-state index in [9.17, 15) is 0 Å². The molecule has 116 valence electrons. The Morgan fingerprint density at radius 1 is 0.950 bits per heavy atom. The molecule has 0 aromatic heterocycles. The fourth-order valence-electron chi connectivity index (χ4n) is 3.43. The topological polar surface area (TPSA) is 19.0 Å². The summed E-state index contributed by atoms with van der Waals surface area (Å²) in [6.45, 7) is 15.2. The monoisotopic (exact) mass is 281 g/mol. The van der Waals surface area contributed by atoms with E-state index < -0.39 is 0 Å². The quantitative estimate of drug-likeness (QED) is 0.752. The van der Waals surface area contributed by atoms with Gasteiger partial charge >= 0.3 is 0 Å². The van der Waals surface area contributed by atoms with Crippen molar-refractivity contribution in [2.75, 3.05) is 59.0 Å². The van der Waals surface area contributed by atoms with Gasteiger partial charge in [-0.1, -0.05) is 0 Å². The lowest BCUT2D eigenvalue weighted by molar-refractivity contribution is -0.0564. The summed E-state index contributed by atoms with van der Waals surface area (Å²) >= 11 is 0. The van der Waals surface area contributed by atoms with Gasteiger partial charge < -0.3 is 9.64 Å². The molecule has 1 saturated carbocycles. The lowest BCUT2D eigenvalue weighted by Crippen LogP contribution is -2.53. The van der Waals surface area contributed by atoms with Crippen molar-refractivity contribution < 1.29 is 4.74 Å². The number of piperazine rings is 1. The van der Waals surface area contributed by atoms with E-state index in [1.807, 2.05) is 0 Å². The van der Waals surface area contributed by atoms with Crippen LogP contribution < -0.4 is 0 Å². The molecule has 4 heteroatoms. The summed E-state index contributed by atoms with van der Waals surface area (Å²) in [5.74, 6) is 1.03. The molecule has 3 rings (SSSR count). The highest BCUT2D eigenvalue weighted by molar-refractivity contribution is 4.83. The average molecular weight is 281 g/mol. The molecule has 20 heavy (non-hydrogen) atoms. The zero-order valence-electron chi connectivity index (χ0n) is 13.3. The Bertz CT molecular complexity index is 298. The smallest absolute Gasteiger partial charge is 0.0829 e. The Balaban J connectivity index is 1.37. The minimum Gasteiger partial charge on any atom is -0.374 e. The van der Waals surface area contributed by atoms with Crippen LogP contribution in [0.2, 0.25) is 0 Å². The molecule has 0 aromatic rings. The van der Waals surface area contributed by atoms with Gasteiger partial charge in [0.2, 0.25) is 0 Å². The van der Waals surface area contributed by atoms with Crippen molar-refractivity contribution in [1.82, 2.24) is 14.7 Å². The van der Waals surface area contributed by atoms with E-state index in [0.29, 0.717) is 12.1 Å². The highest BCUT2D eigenvalue weighted by Crippen LogP contribution is 2.29. The van der Waals surface area contributed by atoms with E-state index in [0.717, 1.165) is 32.2 Å². The molecule has 0 amide bonds. The summed E-state index contributed by atoms with van der Waals surface area (Å²) in [7, 11) is 0. The fourth-order valence-corrected chi connectivity index (χ4v) is 3.43. The minimum atomic E-state index is 0.418. The number of nitrogens with zero attached hydrogens (tertiary/aromatic N) is 3. The van der Waals surface area contributed by atoms with Gasteiger partial charge in [-0.25, -0.2) is 0 Å². The van der Waals surface area contributed by atoms with Crippen LogP contribution in [0.1, 0.15) is 26.7 Å². The maximum atomic E-state index is 5.97. The van der Waals surface area contributed by atoms with Gasteiger partial charge in [0.25, 0.3) is 0 Å². The van der Waals surface area contributed by atoms with E-state index in [2.05, 4.69) is 28.5 Å². The van der Waals surface area contributed by atoms with Crippen LogP contribution in [0.5, 0.6) is 0 Å². The summed E-state index contributed by atoms with van der Waals surface area (Å²) in [5.41, 5.74) is 0. The second-order valence-electron chi connectivity index (χ2n) is 7.13. The predicted molar refractivity (Wildman–Crippen MR) is 82.1 cm³/mol. The van der Waals surface area contributed by atoms with Gasteiger partial charge in [-0.2, -0.15) is 0 Å². The first-order valence-corrected chi connectivity index (χ1v) is 8.51. The minimum absolute atomic E-state index is 0.418. The van der Waals surface area contributed by atoms with Crippen molar-refractivity contribution in [3.8, 4) is 0 Å². The average Bonchev–Trinajstić information content (AvgIpc) is 3.25. The van der Waals surface area contributed by atoms with Gasteiger partial charge in [-0.05, 0) is 32.6 Å². The van der Waals surface area contributed by atoms with Crippen LogP contribution in [0.15, 0.2) is 0 Å². The standard InChI is InChI=1S/C16H31N3O/c1-14(2)19-9-10-20-16(13-19)12-18-7-5-17(6-8-18)11-15-3-4-15/h14-16H,3-13H2,1-2H3. The van der Waals surface area contributed by atoms with Gasteiger partial charge in [0, 0.05) is 58.4 Å². The maximum Gasteiger partial charge on any atom is 0.0829 e. The molecule has 0 bridgehead atoms. The van der Waals surface area contributed by atoms with Crippen molar-refractivity contribution in [3.05, 3.63) is 0 Å². The zero-order chi connectivity index (χ0) is 13.9. The Morgan fingerprint density at radius 3 is 2.20 bits per heavy atom. The molecular weight excluding hydrogens is 250 g/mol. The third-order valence-electron chi connectivity index (χ3n) is 5.04. The largest absolute Gasteiger partial charge is 0.374 e. The van der Waals surface area contributed by atoms with Gasteiger partial charge in [0.05, 0.1) is 12.7 Å². The van der Waals surface area contributed by atoms with E-state index in [4.69, 9.17) is 4.74 Å². The molecule has 1 atom stereocenters. The van der Waals surface area contributed by atoms with Crippen molar-refractivity contribution in [1.29, 1.82) is 0 Å². The van der Waals surface area contributed by atoms with Crippen LogP contribution in [-0.4, -0.2) is 85.8 Å². The number of ether oxygens (including phenoxy) is 1. The lowest BCUT2D eigenvalue weighted by atomic mass is 10.2. The van der Waals surface area contributed by atoms with Crippen molar-refractivity contribution in [2.45, 2.75) is 38.8 Å². The molecule has 3 fully saturated rings. The lowest BCUT2D eigenvalue weighted by Gasteiger charge is -2.40. The van der Waals surface area contributed by atoms with Crippen molar-refractivity contribution in [3.63, 3.8) is 0 Å². The Kier molecular flexibility index (Phi) is 4.97. The van der Waals surface area contributed by atoms with Gasteiger partial charge in [0.1, 0.15) is 0 Å². The number of rotatable bonds is 5. The van der Waals surface area contributed by atoms with Crippen molar-refractivity contribution >= 4 is 0 Å². The van der Waals surface area contributed by atoms with Crippen LogP contribution >= 0.6 is 0 Å². The first-order chi connectivity index (χ1) is 9.70. The fraction of sp³-hybridized carbons (Fsp3) is 1.00. The molecule has 0 aromatic carbocycles. The first-order valence-electron chi connectivity index (χ1n) is 8.51. The van der Waals surface area contributed by atoms with Crippen LogP contribution in [0.3, 0.4) is 0 Å². The predicted octanol–water partition coefficient (Wildman–Crippen LogP) is 1.12. The molecule has 0 spiro atoms. The molecule has 0 radical (unpaired) electrons. The number of hydrogen-bond donors (Lipinski definition) is 0. The molecule has 2 aliphatic heterocycles. The molecule has 2 saturated heterocycles. The van der Waals surface area contributed by atoms with Crippen LogP contribution in [0, 0.1) is 5.92 Å². The first kappa shape index (κ1) is 14.8. The molecule has 0 N–H and O–H groups in total. The van der Waals surface area contributed by atoms with Crippen LogP contribution in [0.4, 0.5) is 0 Å². The highest BCUT2D eigenvalue weighted by Gasteiger charge is 2.28. The number of hydrogen-bond acceptors (Lipinski definition) is 4. The molecule has 2 heterocycles. The SMILES string of the molecule is CC(C)N1CCOC(CN2CCN(CC3CC3)CC2)C1. The van der Waals surface area contributed by atoms with E-state index in [1.54, 1.807) is 0 Å². The Morgan fingerprint density at radius 2 is 1.60 bits per heavy atom. The highest BCUT2D eigenvalue weighted by atomic mass is 16.5. The summed E-state index contributed by atoms with van der Waals surface area (Å²) < 4.78 is 5.97. The van der Waals surface area contributed by atoms with Crippen LogP contribution in [-0.2, 0) is 4.74 Å². The molecular formula is C16H31N3O. The second kappa shape index (κ2) is 6.73. The number of morpholine rings is 1. The third kappa shape index (κ3) is 4.17. The normalized spacial score (nSPS) is 31.1. The Labute approximate surface area is 124 Å². The van der Waals surface area contributed by atoms with Crippen molar-refractivity contribution in [2.24, 2.45) is 5.92 Å². The second-order valence-corrected chi connectivity index (χ2v) is 7.13. The molecule has 1 unspecified atom stereocenters. The van der Waals surface area contributed by atoms with E-state index >= 15 is 0 Å². The molecule has 3 aliphatic rings. The van der Waals surface area contributed by atoms with Crippen LogP contribution in [0.25, 0.3) is 0 Å². The summed E-state index contributed by atoms with van der Waals surface area (Å²) in [5, 5.41) is 0. The summed E-state index contributed by atoms with van der Waals surface area (Å²) in [6, 6.07) is 0.650. The maximum absolute atomic E-state index is 5.97. The zero-order valence-corrected chi connectivity index (χ0v) is 13.3. The third-order valence-corrected chi connectivity index (χ3v) is 5.04. The summed E-state index contributed by atoms with van der Waals surface area (Å²) in [4.78, 5) is 7.83. The molecule has 4 nitrogen and oxygen atoms in total. The molecule has 1 aliphatic carbocycles.